The van der Waals surface area contributed by atoms with Gasteiger partial charge in [0, 0.05) is 22.5 Å². The molecular formula is C13H15N3S2. The van der Waals surface area contributed by atoms with Gasteiger partial charge in [0.05, 0.1) is 5.69 Å². The van der Waals surface area contributed by atoms with Gasteiger partial charge in [0.2, 0.25) is 0 Å². The molecule has 0 unspecified atom stereocenters. The Morgan fingerprint density at radius 3 is 2.89 bits per heavy atom. The average molecular weight is 277 g/mol. The zero-order valence-electron chi connectivity index (χ0n) is 10.4. The van der Waals surface area contributed by atoms with Crippen LogP contribution in [0.25, 0.3) is 0 Å². The van der Waals surface area contributed by atoms with Crippen molar-refractivity contribution in [2.24, 2.45) is 5.73 Å². The Morgan fingerprint density at radius 2 is 2.28 bits per heavy atom. The van der Waals surface area contributed by atoms with Gasteiger partial charge in [-0.05, 0) is 37.6 Å². The SMILES string of the molecule is Cc1cc(CNc2cccnc2C(N)=S)sc1C. The largest absolute Gasteiger partial charge is 0.388 e. The number of thiocarbonyl (C=S) groups is 1. The highest BCUT2D eigenvalue weighted by Gasteiger charge is 2.06. The van der Waals surface area contributed by atoms with Crippen molar-refractivity contribution in [2.75, 3.05) is 5.32 Å². The quantitative estimate of drug-likeness (QED) is 0.844. The summed E-state index contributed by atoms with van der Waals surface area (Å²) in [5.74, 6) is 0. The molecule has 3 N–H and O–H groups in total. The second kappa shape index (κ2) is 5.46. The van der Waals surface area contributed by atoms with E-state index < -0.39 is 0 Å². The summed E-state index contributed by atoms with van der Waals surface area (Å²) in [5.41, 5.74) is 8.51. The van der Waals surface area contributed by atoms with Gasteiger partial charge in [-0.3, -0.25) is 4.98 Å². The molecule has 0 aliphatic carbocycles. The zero-order chi connectivity index (χ0) is 13.1. The molecule has 5 heteroatoms. The third-order valence-electron chi connectivity index (χ3n) is 2.71. The Hall–Kier alpha value is -1.46. The van der Waals surface area contributed by atoms with Crippen LogP contribution in [0.1, 0.15) is 21.0 Å². The minimum absolute atomic E-state index is 0.316. The molecule has 94 valence electrons. The van der Waals surface area contributed by atoms with Crippen molar-refractivity contribution in [3.05, 3.63) is 45.4 Å². The monoisotopic (exact) mass is 277 g/mol. The topological polar surface area (TPSA) is 50.9 Å². The molecule has 0 aliphatic heterocycles. The number of pyridine rings is 1. The summed E-state index contributed by atoms with van der Waals surface area (Å²) >= 11 is 6.78. The van der Waals surface area contributed by atoms with E-state index in [0.717, 1.165) is 12.2 Å². The summed E-state index contributed by atoms with van der Waals surface area (Å²) in [6, 6.07) is 6.01. The minimum atomic E-state index is 0.316. The number of hydrogen-bond donors (Lipinski definition) is 2. The second-order valence-corrected chi connectivity index (χ2v) is 5.85. The number of aryl methyl sites for hydroxylation is 2. The van der Waals surface area contributed by atoms with Crippen LogP contribution in [-0.4, -0.2) is 9.97 Å². The number of hydrogen-bond acceptors (Lipinski definition) is 4. The van der Waals surface area contributed by atoms with Gasteiger partial charge in [-0.15, -0.1) is 11.3 Å². The Morgan fingerprint density at radius 1 is 1.50 bits per heavy atom. The van der Waals surface area contributed by atoms with Crippen molar-refractivity contribution in [3.63, 3.8) is 0 Å². The molecule has 3 nitrogen and oxygen atoms in total. The summed E-state index contributed by atoms with van der Waals surface area (Å²) in [7, 11) is 0. The Bertz CT molecular complexity index is 556. The molecule has 2 aromatic heterocycles. The van der Waals surface area contributed by atoms with Gasteiger partial charge in [0.25, 0.3) is 0 Å². The Kier molecular flexibility index (Phi) is 3.93. The van der Waals surface area contributed by atoms with Crippen molar-refractivity contribution in [2.45, 2.75) is 20.4 Å². The number of nitrogens with two attached hydrogens (primary N) is 1. The molecule has 0 saturated carbocycles. The summed E-state index contributed by atoms with van der Waals surface area (Å²) in [5, 5.41) is 3.33. The van der Waals surface area contributed by atoms with E-state index in [1.807, 2.05) is 12.1 Å². The molecule has 0 radical (unpaired) electrons. The van der Waals surface area contributed by atoms with Gasteiger partial charge in [-0.2, -0.15) is 0 Å². The van der Waals surface area contributed by atoms with Crippen LogP contribution in [0.3, 0.4) is 0 Å². The van der Waals surface area contributed by atoms with Gasteiger partial charge in [0.1, 0.15) is 10.7 Å². The van der Waals surface area contributed by atoms with E-state index in [9.17, 15) is 0 Å². The molecule has 0 bridgehead atoms. The van der Waals surface area contributed by atoms with E-state index in [-0.39, 0.29) is 0 Å². The van der Waals surface area contributed by atoms with Crippen LogP contribution in [0.15, 0.2) is 24.4 Å². The van der Waals surface area contributed by atoms with Gasteiger partial charge in [0.15, 0.2) is 0 Å². The third kappa shape index (κ3) is 2.86. The van der Waals surface area contributed by atoms with Crippen LogP contribution < -0.4 is 11.1 Å². The van der Waals surface area contributed by atoms with E-state index in [1.54, 1.807) is 17.5 Å². The Balaban J connectivity index is 2.13. The highest BCUT2D eigenvalue weighted by Crippen LogP contribution is 2.22. The third-order valence-corrected chi connectivity index (χ3v) is 4.06. The van der Waals surface area contributed by atoms with Crippen LogP contribution >= 0.6 is 23.6 Å². The summed E-state index contributed by atoms with van der Waals surface area (Å²) in [6.07, 6.45) is 1.69. The van der Waals surface area contributed by atoms with Crippen LogP contribution in [0.5, 0.6) is 0 Å². The number of nitrogens with zero attached hydrogens (tertiary/aromatic N) is 1. The maximum absolute atomic E-state index is 5.64. The van der Waals surface area contributed by atoms with E-state index in [4.69, 9.17) is 18.0 Å². The van der Waals surface area contributed by atoms with Crippen molar-refractivity contribution in [3.8, 4) is 0 Å². The molecular weight excluding hydrogens is 262 g/mol. The van der Waals surface area contributed by atoms with Gasteiger partial charge < -0.3 is 11.1 Å². The highest BCUT2D eigenvalue weighted by molar-refractivity contribution is 7.80. The number of nitrogens with one attached hydrogen (secondary N) is 1. The lowest BCUT2D eigenvalue weighted by atomic mass is 10.2. The molecule has 0 atom stereocenters. The maximum atomic E-state index is 5.64. The van der Waals surface area contributed by atoms with Crippen LogP contribution in [0, 0.1) is 13.8 Å². The molecule has 2 rings (SSSR count). The molecule has 0 aliphatic rings. The second-order valence-electron chi connectivity index (χ2n) is 4.07. The van der Waals surface area contributed by atoms with Crippen LogP contribution in [0.2, 0.25) is 0 Å². The summed E-state index contributed by atoms with van der Waals surface area (Å²) in [4.78, 5) is 7.15. The van der Waals surface area contributed by atoms with Crippen LogP contribution in [-0.2, 0) is 6.54 Å². The normalized spacial score (nSPS) is 10.3. The fourth-order valence-electron chi connectivity index (χ4n) is 1.66. The predicted octanol–water partition coefficient (Wildman–Crippen LogP) is 3.01. The van der Waals surface area contributed by atoms with Crippen molar-refractivity contribution in [1.82, 2.24) is 4.98 Å². The lowest BCUT2D eigenvalue weighted by Crippen LogP contribution is -2.14. The molecule has 0 saturated heterocycles. The standard InChI is InChI=1S/C13H15N3S2/c1-8-6-10(18-9(8)2)7-16-11-4-3-5-15-12(11)13(14)17/h3-6,16H,7H2,1-2H3,(H2,14,17). The predicted molar refractivity (Wildman–Crippen MR) is 81.2 cm³/mol. The first-order valence-electron chi connectivity index (χ1n) is 5.62. The van der Waals surface area contributed by atoms with E-state index in [2.05, 4.69) is 30.2 Å². The highest BCUT2D eigenvalue weighted by atomic mass is 32.1. The molecule has 18 heavy (non-hydrogen) atoms. The maximum Gasteiger partial charge on any atom is 0.124 e. The molecule has 2 aromatic rings. The van der Waals surface area contributed by atoms with Crippen LogP contribution in [0.4, 0.5) is 5.69 Å². The van der Waals surface area contributed by atoms with Gasteiger partial charge in [-0.25, -0.2) is 0 Å². The van der Waals surface area contributed by atoms with Crippen molar-refractivity contribution < 1.29 is 0 Å². The van der Waals surface area contributed by atoms with Gasteiger partial charge >= 0.3 is 0 Å². The number of aromatic nitrogens is 1. The molecule has 2 heterocycles. The Labute approximate surface area is 116 Å². The van der Waals surface area contributed by atoms with E-state index in [0.29, 0.717) is 10.7 Å². The molecule has 0 spiro atoms. The number of thiophene rings is 1. The van der Waals surface area contributed by atoms with Crippen molar-refractivity contribution in [1.29, 1.82) is 0 Å². The van der Waals surface area contributed by atoms with E-state index >= 15 is 0 Å². The molecule has 0 amide bonds. The first-order chi connectivity index (χ1) is 8.58. The minimum Gasteiger partial charge on any atom is -0.388 e. The lowest BCUT2D eigenvalue weighted by molar-refractivity contribution is 1.16. The van der Waals surface area contributed by atoms with E-state index in [1.165, 1.54) is 15.3 Å². The number of rotatable bonds is 4. The first-order valence-corrected chi connectivity index (χ1v) is 6.85. The number of anilines is 1. The van der Waals surface area contributed by atoms with Gasteiger partial charge in [-0.1, -0.05) is 12.2 Å². The fourth-order valence-corrected chi connectivity index (χ4v) is 2.82. The zero-order valence-corrected chi connectivity index (χ0v) is 12.0. The molecule has 0 fully saturated rings. The first kappa shape index (κ1) is 13.0. The summed E-state index contributed by atoms with van der Waals surface area (Å²) in [6.45, 7) is 5.02. The molecule has 0 aromatic carbocycles. The smallest absolute Gasteiger partial charge is 0.124 e. The lowest BCUT2D eigenvalue weighted by Gasteiger charge is -2.08. The fraction of sp³-hybridized carbons (Fsp3) is 0.231. The average Bonchev–Trinajstić information content (AvgIpc) is 2.66. The summed E-state index contributed by atoms with van der Waals surface area (Å²) < 4.78 is 0. The van der Waals surface area contributed by atoms with Crippen molar-refractivity contribution >= 4 is 34.2 Å².